The van der Waals surface area contributed by atoms with Crippen molar-refractivity contribution in [2.75, 3.05) is 62.9 Å². The SMILES string of the molecule is Cc1cc(Nc2cc(N(C)CCN(C)C)nc(N[C@H]3CCN(C(=O)c4cccc(Cl)c4F)C3)n2)n[nH]1. The second-order valence-electron chi connectivity index (χ2n) is 9.20. The van der Waals surface area contributed by atoms with Crippen LogP contribution in [0.15, 0.2) is 30.3 Å². The average molecular weight is 516 g/mol. The summed E-state index contributed by atoms with van der Waals surface area (Å²) in [5.41, 5.74) is 0.907. The van der Waals surface area contributed by atoms with Crippen LogP contribution in [0.1, 0.15) is 22.5 Å². The summed E-state index contributed by atoms with van der Waals surface area (Å²) < 4.78 is 14.4. The van der Waals surface area contributed by atoms with Crippen LogP contribution in [0.5, 0.6) is 0 Å². The Labute approximate surface area is 214 Å². The lowest BCUT2D eigenvalue weighted by atomic mass is 10.2. The normalized spacial score (nSPS) is 15.4. The summed E-state index contributed by atoms with van der Waals surface area (Å²) in [6, 6.07) is 8.13. The van der Waals surface area contributed by atoms with E-state index in [1.54, 1.807) is 11.0 Å². The van der Waals surface area contributed by atoms with Crippen LogP contribution in [0.2, 0.25) is 5.02 Å². The summed E-state index contributed by atoms with van der Waals surface area (Å²) in [6.07, 6.45) is 0.680. The highest BCUT2D eigenvalue weighted by molar-refractivity contribution is 6.31. The van der Waals surface area contributed by atoms with Crippen molar-refractivity contribution >= 4 is 40.9 Å². The number of hydrogen-bond donors (Lipinski definition) is 3. The molecule has 0 aliphatic carbocycles. The fraction of sp³-hybridized carbons (Fsp3) is 0.417. The summed E-state index contributed by atoms with van der Waals surface area (Å²) in [5.74, 6) is 1.36. The highest BCUT2D eigenvalue weighted by Crippen LogP contribution is 2.24. The fourth-order valence-corrected chi connectivity index (χ4v) is 4.10. The molecular formula is C24H31ClFN9O. The number of aromatic amines is 1. The van der Waals surface area contributed by atoms with E-state index in [4.69, 9.17) is 16.6 Å². The Hall–Kier alpha value is -3.44. The predicted octanol–water partition coefficient (Wildman–Crippen LogP) is 3.37. The van der Waals surface area contributed by atoms with Crippen LogP contribution in [-0.4, -0.2) is 89.2 Å². The molecule has 36 heavy (non-hydrogen) atoms. The van der Waals surface area contributed by atoms with Crippen molar-refractivity contribution in [2.24, 2.45) is 0 Å². The number of hydrogen-bond acceptors (Lipinski definition) is 8. The highest BCUT2D eigenvalue weighted by atomic mass is 35.5. The van der Waals surface area contributed by atoms with Gasteiger partial charge in [0.1, 0.15) is 11.6 Å². The number of likely N-dealkylation sites (N-methyl/N-ethyl adjacent to an activating group) is 2. The van der Waals surface area contributed by atoms with Gasteiger partial charge in [-0.1, -0.05) is 17.7 Å². The third kappa shape index (κ3) is 6.21. The first-order valence-electron chi connectivity index (χ1n) is 11.7. The first-order valence-corrected chi connectivity index (χ1v) is 12.1. The molecule has 3 heterocycles. The molecule has 1 saturated heterocycles. The number of nitrogens with zero attached hydrogens (tertiary/aromatic N) is 6. The lowest BCUT2D eigenvalue weighted by Crippen LogP contribution is -2.32. The van der Waals surface area contributed by atoms with Gasteiger partial charge in [0.25, 0.3) is 5.91 Å². The van der Waals surface area contributed by atoms with Gasteiger partial charge in [-0.15, -0.1) is 0 Å². The molecule has 0 unspecified atom stereocenters. The van der Waals surface area contributed by atoms with E-state index in [1.165, 1.54) is 12.1 Å². The van der Waals surface area contributed by atoms with Gasteiger partial charge < -0.3 is 25.3 Å². The maximum absolute atomic E-state index is 14.4. The molecule has 0 radical (unpaired) electrons. The monoisotopic (exact) mass is 515 g/mol. The number of aryl methyl sites for hydroxylation is 1. The molecule has 4 rings (SSSR count). The smallest absolute Gasteiger partial charge is 0.256 e. The zero-order chi connectivity index (χ0) is 25.8. The Morgan fingerprint density at radius 1 is 1.22 bits per heavy atom. The molecule has 0 bridgehead atoms. The van der Waals surface area contributed by atoms with E-state index in [9.17, 15) is 9.18 Å². The van der Waals surface area contributed by atoms with Crippen LogP contribution in [-0.2, 0) is 0 Å². The number of rotatable bonds is 9. The van der Waals surface area contributed by atoms with Crippen LogP contribution in [0.4, 0.5) is 27.8 Å². The second-order valence-corrected chi connectivity index (χ2v) is 9.61. The van der Waals surface area contributed by atoms with Crippen molar-refractivity contribution < 1.29 is 9.18 Å². The van der Waals surface area contributed by atoms with Crippen molar-refractivity contribution in [3.8, 4) is 0 Å². The van der Waals surface area contributed by atoms with Gasteiger partial charge in [-0.05, 0) is 39.6 Å². The molecule has 2 aromatic heterocycles. The third-order valence-corrected chi connectivity index (χ3v) is 6.23. The van der Waals surface area contributed by atoms with Gasteiger partial charge in [0.2, 0.25) is 5.95 Å². The van der Waals surface area contributed by atoms with E-state index < -0.39 is 5.82 Å². The molecule has 1 fully saturated rings. The topological polar surface area (TPSA) is 105 Å². The Bertz CT molecular complexity index is 1220. The van der Waals surface area contributed by atoms with Crippen molar-refractivity contribution in [3.63, 3.8) is 0 Å². The third-order valence-electron chi connectivity index (χ3n) is 5.94. The van der Waals surface area contributed by atoms with Gasteiger partial charge in [-0.2, -0.15) is 15.1 Å². The number of H-pyrrole nitrogens is 1. The molecule has 1 aliphatic heterocycles. The van der Waals surface area contributed by atoms with E-state index in [2.05, 4.69) is 35.6 Å². The summed E-state index contributed by atoms with van der Waals surface area (Å²) in [5, 5.41) is 13.6. The summed E-state index contributed by atoms with van der Waals surface area (Å²) in [7, 11) is 6.03. The van der Waals surface area contributed by atoms with Gasteiger partial charge in [-0.3, -0.25) is 9.89 Å². The largest absolute Gasteiger partial charge is 0.358 e. The maximum Gasteiger partial charge on any atom is 0.256 e. The lowest BCUT2D eigenvalue weighted by molar-refractivity contribution is 0.0787. The van der Waals surface area contributed by atoms with Crippen LogP contribution < -0.4 is 15.5 Å². The number of halogens is 2. The van der Waals surface area contributed by atoms with Gasteiger partial charge in [0.15, 0.2) is 11.6 Å². The molecule has 1 aromatic carbocycles. The first kappa shape index (κ1) is 25.6. The molecule has 3 N–H and O–H groups in total. The van der Waals surface area contributed by atoms with Gasteiger partial charge in [-0.25, -0.2) is 4.39 Å². The Morgan fingerprint density at radius 2 is 2.03 bits per heavy atom. The number of nitrogens with one attached hydrogen (secondary N) is 3. The van der Waals surface area contributed by atoms with E-state index in [0.717, 1.165) is 24.6 Å². The number of amides is 1. The summed E-state index contributed by atoms with van der Waals surface area (Å²) >= 11 is 5.86. The van der Waals surface area contributed by atoms with Crippen molar-refractivity contribution in [1.29, 1.82) is 0 Å². The first-order chi connectivity index (χ1) is 17.2. The van der Waals surface area contributed by atoms with Crippen molar-refractivity contribution in [3.05, 3.63) is 52.4 Å². The Kier molecular flexibility index (Phi) is 7.90. The van der Waals surface area contributed by atoms with Crippen LogP contribution >= 0.6 is 11.6 Å². The summed E-state index contributed by atoms with van der Waals surface area (Å²) in [4.78, 5) is 28.0. The zero-order valence-electron chi connectivity index (χ0n) is 20.8. The molecule has 192 valence electrons. The Balaban J connectivity index is 1.50. The molecule has 1 aliphatic rings. The standard InChI is InChI=1S/C24H31ClFN9O/c1-15-12-20(32-31-15)28-19-13-21(34(4)11-10-33(2)3)30-24(29-19)27-16-8-9-35(14-16)23(36)17-6-5-7-18(25)22(17)26/h5-7,12-13,16H,8-11,14H2,1-4H3,(H3,27,28,29,30,31,32)/t16-/m0/s1. The second kappa shape index (κ2) is 11.1. The van der Waals surface area contributed by atoms with E-state index in [0.29, 0.717) is 37.1 Å². The lowest BCUT2D eigenvalue weighted by Gasteiger charge is -2.22. The van der Waals surface area contributed by atoms with Crippen molar-refractivity contribution in [2.45, 2.75) is 19.4 Å². The maximum atomic E-state index is 14.4. The molecule has 1 amide bonds. The van der Waals surface area contributed by atoms with E-state index in [1.807, 2.05) is 40.2 Å². The number of carbonyl (C=O) groups excluding carboxylic acids is 1. The average Bonchev–Trinajstić information content (AvgIpc) is 3.47. The quantitative estimate of drug-likeness (QED) is 0.398. The molecule has 0 saturated carbocycles. The number of anilines is 4. The number of aromatic nitrogens is 4. The summed E-state index contributed by atoms with van der Waals surface area (Å²) in [6.45, 7) is 4.46. The van der Waals surface area contributed by atoms with E-state index in [-0.39, 0.29) is 22.5 Å². The van der Waals surface area contributed by atoms with E-state index >= 15 is 0 Å². The highest BCUT2D eigenvalue weighted by Gasteiger charge is 2.29. The van der Waals surface area contributed by atoms with Gasteiger partial charge in [0, 0.05) is 57.1 Å². The van der Waals surface area contributed by atoms with Crippen LogP contribution in [0.3, 0.4) is 0 Å². The number of benzene rings is 1. The minimum Gasteiger partial charge on any atom is -0.358 e. The fourth-order valence-electron chi connectivity index (χ4n) is 3.92. The molecule has 12 heteroatoms. The van der Waals surface area contributed by atoms with Crippen LogP contribution in [0.25, 0.3) is 0 Å². The molecule has 0 spiro atoms. The van der Waals surface area contributed by atoms with Gasteiger partial charge >= 0.3 is 0 Å². The molecular weight excluding hydrogens is 485 g/mol. The number of likely N-dealkylation sites (tertiary alicyclic amines) is 1. The zero-order valence-corrected chi connectivity index (χ0v) is 21.6. The van der Waals surface area contributed by atoms with Crippen molar-refractivity contribution in [1.82, 2.24) is 30.0 Å². The van der Waals surface area contributed by atoms with Gasteiger partial charge in [0.05, 0.1) is 10.6 Å². The predicted molar refractivity (Wildman–Crippen MR) is 140 cm³/mol. The minimum absolute atomic E-state index is 0.0234. The molecule has 3 aromatic rings. The minimum atomic E-state index is -0.693. The number of carbonyl (C=O) groups is 1. The van der Waals surface area contributed by atoms with Crippen LogP contribution in [0, 0.1) is 12.7 Å². The Morgan fingerprint density at radius 3 is 2.75 bits per heavy atom. The molecule has 1 atom stereocenters. The molecule has 10 nitrogen and oxygen atoms in total.